The largest absolute Gasteiger partial charge is 0.317 e. The zero-order valence-corrected chi connectivity index (χ0v) is 11.4. The monoisotopic (exact) mass is 243 g/mol. The molecule has 2 aromatic rings. The topological polar surface area (TPSA) is 37.8 Å². The number of likely N-dealkylation sites (N-methyl/N-ethyl adjacent to an activating group) is 1. The van der Waals surface area contributed by atoms with E-state index in [1.54, 1.807) is 0 Å². The van der Waals surface area contributed by atoms with Crippen molar-refractivity contribution in [1.29, 1.82) is 0 Å². The minimum atomic E-state index is 0.490. The van der Waals surface area contributed by atoms with Gasteiger partial charge < -0.3 is 5.32 Å². The van der Waals surface area contributed by atoms with Gasteiger partial charge >= 0.3 is 0 Å². The Morgan fingerprint density at radius 3 is 2.44 bits per heavy atom. The molecule has 1 N–H and O–H groups in total. The molecule has 0 spiro atoms. The molecule has 0 bridgehead atoms. The minimum absolute atomic E-state index is 0.490. The van der Waals surface area contributed by atoms with E-state index in [1.807, 2.05) is 38.2 Å². The molecule has 1 aromatic carbocycles. The van der Waals surface area contributed by atoms with E-state index >= 15 is 0 Å². The molecule has 3 nitrogen and oxygen atoms in total. The molecule has 1 unspecified atom stereocenters. The van der Waals surface area contributed by atoms with Crippen LogP contribution in [0.5, 0.6) is 0 Å². The lowest BCUT2D eigenvalue weighted by molar-refractivity contribution is 0.507. The summed E-state index contributed by atoms with van der Waals surface area (Å²) in [6.07, 6.45) is 3.31. The maximum Gasteiger partial charge on any atom is 0.0890 e. The predicted octanol–water partition coefficient (Wildman–Crippen LogP) is 2.87. The van der Waals surface area contributed by atoms with Gasteiger partial charge in [-0.25, -0.2) is 9.97 Å². The average Bonchev–Trinajstić information content (AvgIpc) is 2.39. The molecular formula is C15H21N3. The summed E-state index contributed by atoms with van der Waals surface area (Å²) in [6, 6.07) is 8.55. The maximum atomic E-state index is 4.74. The second-order valence-corrected chi connectivity index (χ2v) is 4.72. The number of aromatic nitrogens is 2. The van der Waals surface area contributed by atoms with Gasteiger partial charge in [0, 0.05) is 12.5 Å². The van der Waals surface area contributed by atoms with E-state index in [0.717, 1.165) is 28.8 Å². The number of hydrogen-bond acceptors (Lipinski definition) is 3. The van der Waals surface area contributed by atoms with E-state index < -0.39 is 0 Å². The molecule has 96 valence electrons. The number of nitrogens with zero attached hydrogens (tertiary/aromatic N) is 2. The zero-order valence-electron chi connectivity index (χ0n) is 11.4. The first-order chi connectivity index (χ1) is 8.74. The molecule has 1 aromatic heterocycles. The summed E-state index contributed by atoms with van der Waals surface area (Å²) in [6.45, 7) is 4.26. The average molecular weight is 243 g/mol. The molecule has 18 heavy (non-hydrogen) atoms. The summed E-state index contributed by atoms with van der Waals surface area (Å²) >= 11 is 0. The maximum absolute atomic E-state index is 4.74. The molecule has 0 aliphatic heterocycles. The Morgan fingerprint density at radius 2 is 1.83 bits per heavy atom. The van der Waals surface area contributed by atoms with Crippen molar-refractivity contribution in [3.05, 3.63) is 35.7 Å². The van der Waals surface area contributed by atoms with Crippen LogP contribution in [0.25, 0.3) is 11.0 Å². The van der Waals surface area contributed by atoms with Crippen LogP contribution in [0.15, 0.2) is 24.3 Å². The van der Waals surface area contributed by atoms with Crippen LogP contribution < -0.4 is 5.32 Å². The molecule has 2 rings (SSSR count). The molecule has 1 heterocycles. The highest BCUT2D eigenvalue weighted by atomic mass is 14.9. The van der Waals surface area contributed by atoms with Crippen LogP contribution >= 0.6 is 0 Å². The molecule has 1 atom stereocenters. The van der Waals surface area contributed by atoms with Crippen molar-refractivity contribution in [3.63, 3.8) is 0 Å². The van der Waals surface area contributed by atoms with Gasteiger partial charge in [0.1, 0.15) is 0 Å². The summed E-state index contributed by atoms with van der Waals surface area (Å²) in [5.74, 6) is 0. The minimum Gasteiger partial charge on any atom is -0.317 e. The molecule has 0 aliphatic carbocycles. The standard InChI is InChI=1S/C15H21N3/c1-4-7-12(16-3)10-15-11(2)17-13-8-5-6-9-14(13)18-15/h5-6,8-9,12,16H,4,7,10H2,1-3H3. The third kappa shape index (κ3) is 2.85. The van der Waals surface area contributed by atoms with Crippen molar-refractivity contribution in [2.24, 2.45) is 0 Å². The highest BCUT2D eigenvalue weighted by molar-refractivity contribution is 5.74. The molecule has 0 saturated heterocycles. The summed E-state index contributed by atoms with van der Waals surface area (Å²) in [4.78, 5) is 9.38. The van der Waals surface area contributed by atoms with E-state index in [9.17, 15) is 0 Å². The summed E-state index contributed by atoms with van der Waals surface area (Å²) in [7, 11) is 2.02. The van der Waals surface area contributed by atoms with Gasteiger partial charge in [0.2, 0.25) is 0 Å². The number of benzene rings is 1. The van der Waals surface area contributed by atoms with Gasteiger partial charge in [-0.05, 0) is 32.5 Å². The molecular weight excluding hydrogens is 222 g/mol. The second-order valence-electron chi connectivity index (χ2n) is 4.72. The van der Waals surface area contributed by atoms with Gasteiger partial charge in [-0.2, -0.15) is 0 Å². The van der Waals surface area contributed by atoms with Crippen molar-refractivity contribution in [2.45, 2.75) is 39.2 Å². The van der Waals surface area contributed by atoms with Crippen LogP contribution in [0.1, 0.15) is 31.2 Å². The quantitative estimate of drug-likeness (QED) is 0.877. The molecule has 0 fully saturated rings. The second kappa shape index (κ2) is 5.91. The Hall–Kier alpha value is -1.48. The number of rotatable bonds is 5. The van der Waals surface area contributed by atoms with E-state index in [4.69, 9.17) is 4.98 Å². The fourth-order valence-corrected chi connectivity index (χ4v) is 2.25. The van der Waals surface area contributed by atoms with Gasteiger partial charge in [-0.1, -0.05) is 25.5 Å². The fraction of sp³-hybridized carbons (Fsp3) is 0.467. The highest BCUT2D eigenvalue weighted by Crippen LogP contribution is 2.14. The Labute approximate surface area is 109 Å². The lowest BCUT2D eigenvalue weighted by Gasteiger charge is -2.16. The van der Waals surface area contributed by atoms with Crippen LogP contribution in [0.3, 0.4) is 0 Å². The van der Waals surface area contributed by atoms with Crippen LogP contribution in [0, 0.1) is 6.92 Å². The molecule has 0 aliphatic rings. The lowest BCUT2D eigenvalue weighted by Crippen LogP contribution is -2.28. The van der Waals surface area contributed by atoms with Crippen molar-refractivity contribution in [1.82, 2.24) is 15.3 Å². The van der Waals surface area contributed by atoms with E-state index in [0.29, 0.717) is 6.04 Å². The van der Waals surface area contributed by atoms with Gasteiger partial charge in [0.25, 0.3) is 0 Å². The summed E-state index contributed by atoms with van der Waals surface area (Å²) < 4.78 is 0. The van der Waals surface area contributed by atoms with E-state index in [-0.39, 0.29) is 0 Å². The number of aryl methyl sites for hydroxylation is 1. The molecule has 0 radical (unpaired) electrons. The van der Waals surface area contributed by atoms with Gasteiger partial charge in [-0.3, -0.25) is 0 Å². The van der Waals surface area contributed by atoms with E-state index in [2.05, 4.69) is 17.2 Å². The first-order valence-electron chi connectivity index (χ1n) is 6.64. The Morgan fingerprint density at radius 1 is 1.17 bits per heavy atom. The first-order valence-corrected chi connectivity index (χ1v) is 6.64. The first kappa shape index (κ1) is 13.0. The van der Waals surface area contributed by atoms with Crippen molar-refractivity contribution in [2.75, 3.05) is 7.05 Å². The SMILES string of the molecule is CCCC(Cc1nc2ccccc2nc1C)NC. The fourth-order valence-electron chi connectivity index (χ4n) is 2.25. The number of para-hydroxylation sites is 2. The predicted molar refractivity (Wildman–Crippen MR) is 75.7 cm³/mol. The third-order valence-electron chi connectivity index (χ3n) is 3.33. The van der Waals surface area contributed by atoms with Gasteiger partial charge in [0.05, 0.1) is 22.4 Å². The molecule has 3 heteroatoms. The highest BCUT2D eigenvalue weighted by Gasteiger charge is 2.11. The van der Waals surface area contributed by atoms with Crippen molar-refractivity contribution >= 4 is 11.0 Å². The number of nitrogens with one attached hydrogen (secondary N) is 1. The zero-order chi connectivity index (χ0) is 13.0. The van der Waals surface area contributed by atoms with Crippen molar-refractivity contribution in [3.8, 4) is 0 Å². The Kier molecular flexibility index (Phi) is 4.26. The Bertz CT molecular complexity index is 522. The van der Waals surface area contributed by atoms with Gasteiger partial charge in [0.15, 0.2) is 0 Å². The smallest absolute Gasteiger partial charge is 0.0890 e. The van der Waals surface area contributed by atoms with Gasteiger partial charge in [-0.15, -0.1) is 0 Å². The van der Waals surface area contributed by atoms with Crippen LogP contribution in [-0.4, -0.2) is 23.1 Å². The lowest BCUT2D eigenvalue weighted by atomic mass is 10.0. The third-order valence-corrected chi connectivity index (χ3v) is 3.33. The molecule has 0 saturated carbocycles. The van der Waals surface area contributed by atoms with Crippen LogP contribution in [-0.2, 0) is 6.42 Å². The van der Waals surface area contributed by atoms with Crippen LogP contribution in [0.2, 0.25) is 0 Å². The van der Waals surface area contributed by atoms with Crippen LogP contribution in [0.4, 0.5) is 0 Å². The van der Waals surface area contributed by atoms with Crippen molar-refractivity contribution < 1.29 is 0 Å². The molecule has 0 amide bonds. The summed E-state index contributed by atoms with van der Waals surface area (Å²) in [5, 5.41) is 3.36. The number of fused-ring (bicyclic) bond motifs is 1. The normalized spacial score (nSPS) is 12.8. The summed E-state index contributed by atoms with van der Waals surface area (Å²) in [5.41, 5.74) is 4.13. The Balaban J connectivity index is 2.29. The van der Waals surface area contributed by atoms with E-state index in [1.165, 1.54) is 12.8 Å². The number of hydrogen-bond donors (Lipinski definition) is 1.